The van der Waals surface area contributed by atoms with Crippen molar-refractivity contribution in [1.29, 1.82) is 0 Å². The molecule has 0 saturated carbocycles. The van der Waals surface area contributed by atoms with Gasteiger partial charge in [0.2, 0.25) is 0 Å². The van der Waals surface area contributed by atoms with Crippen molar-refractivity contribution in [2.24, 2.45) is 10.3 Å². The largest absolute Gasteiger partial charge is 0.398 e. The fraction of sp³-hybridized carbons (Fsp3) is 0.250. The fourth-order valence-corrected chi connectivity index (χ4v) is 3.55. The van der Waals surface area contributed by atoms with Crippen molar-refractivity contribution in [3.8, 4) is 0 Å². The molecule has 1 heterocycles. The summed E-state index contributed by atoms with van der Waals surface area (Å²) in [5.41, 5.74) is 3.21. The van der Waals surface area contributed by atoms with E-state index in [9.17, 15) is 4.79 Å². The van der Waals surface area contributed by atoms with Gasteiger partial charge in [0.1, 0.15) is 13.4 Å². The number of oxime groups is 2. The van der Waals surface area contributed by atoms with Gasteiger partial charge in [-0.2, -0.15) is 0 Å². The van der Waals surface area contributed by atoms with Gasteiger partial charge in [-0.15, -0.1) is 0 Å². The SMILES string of the molecule is CO/N=C\NC(=O)c1ccc(C2=NOC(C)(c3cc(Cl)cc(Cl)c3)C2)cc1C. The van der Waals surface area contributed by atoms with E-state index < -0.39 is 5.60 Å². The van der Waals surface area contributed by atoms with Gasteiger partial charge in [0, 0.05) is 27.6 Å². The summed E-state index contributed by atoms with van der Waals surface area (Å²) in [6.45, 7) is 3.80. The molecule has 0 saturated heterocycles. The van der Waals surface area contributed by atoms with Crippen LogP contribution in [-0.4, -0.2) is 25.1 Å². The zero-order chi connectivity index (χ0) is 20.3. The Morgan fingerprint density at radius 1 is 1.29 bits per heavy atom. The molecule has 6 nitrogen and oxygen atoms in total. The lowest BCUT2D eigenvalue weighted by Gasteiger charge is -2.22. The Kier molecular flexibility index (Phi) is 5.91. The van der Waals surface area contributed by atoms with Crippen molar-refractivity contribution in [3.05, 3.63) is 68.7 Å². The molecule has 0 radical (unpaired) electrons. The number of rotatable bonds is 5. The molecule has 0 fully saturated rings. The second-order valence-corrected chi connectivity index (χ2v) is 7.49. The van der Waals surface area contributed by atoms with E-state index in [2.05, 4.69) is 20.5 Å². The molecule has 3 rings (SSSR count). The Balaban J connectivity index is 1.79. The predicted octanol–water partition coefficient (Wildman–Crippen LogP) is 4.66. The molecular weight excluding hydrogens is 401 g/mol. The minimum Gasteiger partial charge on any atom is -0.398 e. The van der Waals surface area contributed by atoms with Crippen molar-refractivity contribution in [2.75, 3.05) is 7.11 Å². The van der Waals surface area contributed by atoms with E-state index in [1.807, 2.05) is 38.1 Å². The van der Waals surface area contributed by atoms with Crippen LogP contribution in [0, 0.1) is 6.92 Å². The quantitative estimate of drug-likeness (QED) is 0.435. The summed E-state index contributed by atoms with van der Waals surface area (Å²) >= 11 is 12.2. The van der Waals surface area contributed by atoms with Crippen molar-refractivity contribution in [3.63, 3.8) is 0 Å². The number of carbonyl (C=O) groups is 1. The normalized spacial score (nSPS) is 18.7. The number of halogens is 2. The Hall–Kier alpha value is -2.57. The molecule has 1 aliphatic heterocycles. The third-order valence-electron chi connectivity index (χ3n) is 4.49. The first kappa shape index (κ1) is 20.2. The number of amides is 1. The zero-order valence-corrected chi connectivity index (χ0v) is 17.1. The molecule has 1 N–H and O–H groups in total. The van der Waals surface area contributed by atoms with Crippen LogP contribution in [0.5, 0.6) is 0 Å². The summed E-state index contributed by atoms with van der Waals surface area (Å²) in [6, 6.07) is 10.8. The first-order chi connectivity index (χ1) is 13.3. The molecule has 8 heteroatoms. The molecule has 0 aliphatic carbocycles. The van der Waals surface area contributed by atoms with E-state index in [1.165, 1.54) is 13.4 Å². The number of aryl methyl sites for hydroxylation is 1. The molecule has 1 atom stereocenters. The minimum atomic E-state index is -0.662. The lowest BCUT2D eigenvalue weighted by molar-refractivity contribution is -0.00737. The summed E-state index contributed by atoms with van der Waals surface area (Å²) in [5.74, 6) is -0.270. The van der Waals surface area contributed by atoms with Crippen LogP contribution in [0.4, 0.5) is 0 Å². The highest BCUT2D eigenvalue weighted by atomic mass is 35.5. The topological polar surface area (TPSA) is 72.3 Å². The molecule has 1 unspecified atom stereocenters. The second kappa shape index (κ2) is 8.20. The Bertz CT molecular complexity index is 955. The smallest absolute Gasteiger partial charge is 0.256 e. The van der Waals surface area contributed by atoms with E-state index in [0.29, 0.717) is 22.0 Å². The monoisotopic (exact) mass is 419 g/mol. The third kappa shape index (κ3) is 4.29. The molecule has 146 valence electrons. The van der Waals surface area contributed by atoms with E-state index in [4.69, 9.17) is 28.0 Å². The van der Waals surface area contributed by atoms with Crippen LogP contribution >= 0.6 is 23.2 Å². The number of nitrogens with one attached hydrogen (secondary N) is 1. The maximum atomic E-state index is 12.2. The van der Waals surface area contributed by atoms with Crippen molar-refractivity contribution >= 4 is 41.2 Å². The van der Waals surface area contributed by atoms with Gasteiger partial charge in [-0.25, -0.2) is 0 Å². The predicted molar refractivity (Wildman–Crippen MR) is 110 cm³/mol. The van der Waals surface area contributed by atoms with Crippen molar-refractivity contribution < 1.29 is 14.5 Å². The van der Waals surface area contributed by atoms with E-state index >= 15 is 0 Å². The molecular formula is C20H19Cl2N3O3. The molecule has 0 spiro atoms. The lowest BCUT2D eigenvalue weighted by Crippen LogP contribution is -2.23. The highest BCUT2D eigenvalue weighted by Crippen LogP contribution is 2.38. The van der Waals surface area contributed by atoms with Crippen LogP contribution in [-0.2, 0) is 15.3 Å². The fourth-order valence-electron chi connectivity index (χ4n) is 3.02. The molecule has 1 aliphatic rings. The van der Waals surface area contributed by atoms with Crippen LogP contribution in [0.1, 0.15) is 40.4 Å². The van der Waals surface area contributed by atoms with E-state index in [1.54, 1.807) is 12.1 Å². The van der Waals surface area contributed by atoms with Crippen LogP contribution in [0.15, 0.2) is 46.7 Å². The number of hydrogen-bond acceptors (Lipinski definition) is 5. The van der Waals surface area contributed by atoms with Gasteiger partial charge in [0.05, 0.1) is 5.71 Å². The molecule has 28 heavy (non-hydrogen) atoms. The average molecular weight is 420 g/mol. The highest BCUT2D eigenvalue weighted by molar-refractivity contribution is 6.34. The first-order valence-electron chi connectivity index (χ1n) is 8.51. The van der Waals surface area contributed by atoms with Crippen LogP contribution in [0.25, 0.3) is 0 Å². The van der Waals surface area contributed by atoms with Gasteiger partial charge in [-0.1, -0.05) is 39.6 Å². The molecule has 2 aromatic rings. The molecule has 0 aromatic heterocycles. The Labute approximate surface area is 173 Å². The standard InChI is InChI=1S/C20H19Cl2N3O3/c1-12-6-13(4-5-17(12)19(26)23-11-24-27-3)18-10-20(2,28-25-18)14-7-15(21)9-16(22)8-14/h4-9,11H,10H2,1-3H3,(H,23,24,26). The summed E-state index contributed by atoms with van der Waals surface area (Å²) in [5, 5.41) is 11.4. The van der Waals surface area contributed by atoms with Gasteiger partial charge >= 0.3 is 0 Å². The minimum absolute atomic E-state index is 0.270. The third-order valence-corrected chi connectivity index (χ3v) is 4.93. The summed E-state index contributed by atoms with van der Waals surface area (Å²) in [4.78, 5) is 22.5. The highest BCUT2D eigenvalue weighted by Gasteiger charge is 2.37. The van der Waals surface area contributed by atoms with Crippen LogP contribution in [0.3, 0.4) is 0 Å². The number of carbonyl (C=O) groups excluding carboxylic acids is 1. The maximum absolute atomic E-state index is 12.2. The Morgan fingerprint density at radius 2 is 2.00 bits per heavy atom. The van der Waals surface area contributed by atoms with Crippen LogP contribution in [0.2, 0.25) is 10.0 Å². The van der Waals surface area contributed by atoms with Gasteiger partial charge in [-0.3, -0.25) is 4.79 Å². The summed E-state index contributed by atoms with van der Waals surface area (Å²) in [6.07, 6.45) is 1.75. The first-order valence-corrected chi connectivity index (χ1v) is 9.26. The molecule has 0 bridgehead atoms. The Morgan fingerprint density at radius 3 is 2.64 bits per heavy atom. The van der Waals surface area contributed by atoms with Gasteiger partial charge in [-0.05, 0) is 55.3 Å². The lowest BCUT2D eigenvalue weighted by atomic mass is 9.88. The number of hydrogen-bond donors (Lipinski definition) is 1. The van der Waals surface area contributed by atoms with Crippen LogP contribution < -0.4 is 5.32 Å². The maximum Gasteiger partial charge on any atom is 0.256 e. The summed E-state index contributed by atoms with van der Waals surface area (Å²) < 4.78 is 0. The average Bonchev–Trinajstić information content (AvgIpc) is 3.04. The van der Waals surface area contributed by atoms with Crippen molar-refractivity contribution in [2.45, 2.75) is 25.9 Å². The molecule has 2 aromatic carbocycles. The van der Waals surface area contributed by atoms with Gasteiger partial charge in [0.25, 0.3) is 5.91 Å². The second-order valence-electron chi connectivity index (χ2n) is 6.62. The number of benzene rings is 2. The molecule has 1 amide bonds. The van der Waals surface area contributed by atoms with Gasteiger partial charge < -0.3 is 15.0 Å². The van der Waals surface area contributed by atoms with E-state index in [-0.39, 0.29) is 5.91 Å². The van der Waals surface area contributed by atoms with Crippen molar-refractivity contribution in [1.82, 2.24) is 5.32 Å². The number of nitrogens with zero attached hydrogens (tertiary/aromatic N) is 2. The van der Waals surface area contributed by atoms with Gasteiger partial charge in [0.15, 0.2) is 5.60 Å². The van der Waals surface area contributed by atoms with E-state index in [0.717, 1.165) is 22.4 Å². The zero-order valence-electron chi connectivity index (χ0n) is 15.6. The summed E-state index contributed by atoms with van der Waals surface area (Å²) in [7, 11) is 1.40.